The van der Waals surface area contributed by atoms with Crippen LogP contribution in [0.15, 0.2) is 16.2 Å². The molecule has 0 aliphatic rings. The third-order valence-electron chi connectivity index (χ3n) is 1.38. The molecule has 76 valence electrons. The Morgan fingerprint density at radius 3 is 2.86 bits per heavy atom. The fourth-order valence-electron chi connectivity index (χ4n) is 0.764. The molecule has 0 aliphatic carbocycles. The number of rotatable bonds is 2. The molecule has 14 heavy (non-hydrogen) atoms. The number of hydrogen-bond acceptors (Lipinski definition) is 4. The van der Waals surface area contributed by atoms with Crippen LogP contribution < -0.4 is 5.73 Å². The van der Waals surface area contributed by atoms with Crippen LogP contribution in [0.4, 0.5) is 0 Å². The van der Waals surface area contributed by atoms with Gasteiger partial charge in [0, 0.05) is 9.35 Å². The fourth-order valence-corrected chi connectivity index (χ4v) is 2.45. The van der Waals surface area contributed by atoms with Crippen molar-refractivity contribution in [3.05, 3.63) is 25.4 Å². The smallest absolute Gasteiger partial charge is 0.353 e. The SMILES string of the molecule is COC(=O)/C(N)=C/c1cc(Br)c(Cl)s1. The Labute approximate surface area is 98.6 Å². The van der Waals surface area contributed by atoms with Crippen molar-refractivity contribution in [2.24, 2.45) is 5.73 Å². The van der Waals surface area contributed by atoms with E-state index in [0.29, 0.717) is 4.34 Å². The van der Waals surface area contributed by atoms with Crippen molar-refractivity contribution in [2.75, 3.05) is 7.11 Å². The molecular formula is C8H7BrClNO2S. The van der Waals surface area contributed by atoms with Crippen LogP contribution in [-0.4, -0.2) is 13.1 Å². The Balaban J connectivity index is 2.91. The predicted molar refractivity (Wildman–Crippen MR) is 61.2 cm³/mol. The minimum atomic E-state index is -0.550. The maximum atomic E-state index is 11.0. The van der Waals surface area contributed by atoms with Crippen LogP contribution in [-0.2, 0) is 9.53 Å². The van der Waals surface area contributed by atoms with E-state index in [1.54, 1.807) is 6.07 Å². The number of nitrogens with two attached hydrogens (primary N) is 1. The second-order valence-corrected chi connectivity index (χ2v) is 4.90. The van der Waals surface area contributed by atoms with Gasteiger partial charge in [-0.25, -0.2) is 4.79 Å². The molecule has 0 amide bonds. The highest BCUT2D eigenvalue weighted by molar-refractivity contribution is 9.10. The van der Waals surface area contributed by atoms with E-state index in [1.807, 2.05) is 0 Å². The molecule has 1 aromatic heterocycles. The minimum Gasteiger partial charge on any atom is -0.464 e. The minimum absolute atomic E-state index is 0.0536. The Bertz CT molecular complexity index is 369. The van der Waals surface area contributed by atoms with Gasteiger partial charge in [-0.2, -0.15) is 0 Å². The van der Waals surface area contributed by atoms with Crippen LogP contribution in [0, 0.1) is 0 Å². The summed E-state index contributed by atoms with van der Waals surface area (Å²) in [5, 5.41) is 0. The number of carbonyl (C=O) groups is 1. The molecule has 0 saturated carbocycles. The molecule has 0 aliphatic heterocycles. The molecule has 0 fully saturated rings. The number of esters is 1. The normalized spacial score (nSPS) is 11.5. The van der Waals surface area contributed by atoms with E-state index >= 15 is 0 Å². The van der Waals surface area contributed by atoms with Crippen LogP contribution in [0.25, 0.3) is 6.08 Å². The van der Waals surface area contributed by atoms with Gasteiger partial charge in [-0.1, -0.05) is 11.6 Å². The van der Waals surface area contributed by atoms with E-state index in [1.165, 1.54) is 24.5 Å². The summed E-state index contributed by atoms with van der Waals surface area (Å²) in [5.74, 6) is -0.550. The Morgan fingerprint density at radius 1 is 1.79 bits per heavy atom. The monoisotopic (exact) mass is 295 g/mol. The van der Waals surface area contributed by atoms with Crippen molar-refractivity contribution in [2.45, 2.75) is 0 Å². The standard InChI is InChI=1S/C8H7BrClNO2S/c1-13-8(12)6(11)3-4-2-5(9)7(10)14-4/h2-3H,11H2,1H3/b6-3-. The van der Waals surface area contributed by atoms with Crippen LogP contribution in [0.5, 0.6) is 0 Å². The van der Waals surface area contributed by atoms with Crippen LogP contribution in [0.1, 0.15) is 4.88 Å². The van der Waals surface area contributed by atoms with Crippen molar-refractivity contribution in [1.29, 1.82) is 0 Å². The molecule has 0 unspecified atom stereocenters. The van der Waals surface area contributed by atoms with E-state index in [2.05, 4.69) is 20.7 Å². The molecule has 0 radical (unpaired) electrons. The number of carbonyl (C=O) groups excluding carboxylic acids is 1. The van der Waals surface area contributed by atoms with E-state index < -0.39 is 5.97 Å². The average Bonchev–Trinajstić information content (AvgIpc) is 2.44. The molecule has 0 bridgehead atoms. The van der Waals surface area contributed by atoms with Gasteiger partial charge in [-0.05, 0) is 28.1 Å². The Hall–Kier alpha value is -0.520. The zero-order valence-electron chi connectivity index (χ0n) is 7.21. The summed E-state index contributed by atoms with van der Waals surface area (Å²) >= 11 is 10.4. The van der Waals surface area contributed by atoms with Gasteiger partial charge in [0.2, 0.25) is 0 Å². The van der Waals surface area contributed by atoms with Gasteiger partial charge in [0.25, 0.3) is 0 Å². The Morgan fingerprint density at radius 2 is 2.43 bits per heavy atom. The van der Waals surface area contributed by atoms with Crippen LogP contribution in [0.2, 0.25) is 4.34 Å². The van der Waals surface area contributed by atoms with Gasteiger partial charge in [-0.15, -0.1) is 11.3 Å². The van der Waals surface area contributed by atoms with Crippen LogP contribution >= 0.6 is 38.9 Å². The van der Waals surface area contributed by atoms with Crippen LogP contribution in [0.3, 0.4) is 0 Å². The molecule has 0 atom stereocenters. The maximum Gasteiger partial charge on any atom is 0.353 e. The summed E-state index contributed by atoms with van der Waals surface area (Å²) in [6, 6.07) is 1.78. The molecule has 0 aromatic carbocycles. The van der Waals surface area contributed by atoms with E-state index in [0.717, 1.165) is 9.35 Å². The highest BCUT2D eigenvalue weighted by Gasteiger charge is 2.07. The molecule has 1 rings (SSSR count). The van der Waals surface area contributed by atoms with E-state index in [4.69, 9.17) is 17.3 Å². The van der Waals surface area contributed by atoms with Gasteiger partial charge >= 0.3 is 5.97 Å². The summed E-state index contributed by atoms with van der Waals surface area (Å²) < 4.78 is 5.85. The van der Waals surface area contributed by atoms with Crippen molar-refractivity contribution < 1.29 is 9.53 Å². The van der Waals surface area contributed by atoms with Crippen molar-refractivity contribution >= 4 is 50.9 Å². The number of halogens is 2. The van der Waals surface area contributed by atoms with Crippen molar-refractivity contribution in [3.8, 4) is 0 Å². The Kier molecular flexibility index (Phi) is 3.97. The van der Waals surface area contributed by atoms with Gasteiger partial charge in [0.05, 0.1) is 7.11 Å². The highest BCUT2D eigenvalue weighted by Crippen LogP contribution is 2.32. The van der Waals surface area contributed by atoms with Gasteiger partial charge in [0.15, 0.2) is 0 Å². The lowest BCUT2D eigenvalue weighted by Gasteiger charge is -1.96. The number of methoxy groups -OCH3 is 1. The summed E-state index contributed by atoms with van der Waals surface area (Å²) in [5.41, 5.74) is 5.51. The molecule has 1 aromatic rings. The van der Waals surface area contributed by atoms with Gasteiger partial charge in [0.1, 0.15) is 10.0 Å². The molecule has 2 N–H and O–H groups in total. The fraction of sp³-hybridized carbons (Fsp3) is 0.125. The first-order chi connectivity index (χ1) is 6.54. The van der Waals surface area contributed by atoms with Crippen molar-refractivity contribution in [3.63, 3.8) is 0 Å². The molecular weight excluding hydrogens is 290 g/mol. The molecule has 6 heteroatoms. The number of ether oxygens (including phenoxy) is 1. The number of thiophene rings is 1. The first-order valence-electron chi connectivity index (χ1n) is 3.55. The third kappa shape index (κ3) is 2.73. The zero-order valence-corrected chi connectivity index (χ0v) is 10.4. The lowest BCUT2D eigenvalue weighted by molar-refractivity contribution is -0.136. The summed E-state index contributed by atoms with van der Waals surface area (Å²) in [6.45, 7) is 0. The van der Waals surface area contributed by atoms with Gasteiger partial charge in [-0.3, -0.25) is 0 Å². The molecule has 0 spiro atoms. The zero-order chi connectivity index (χ0) is 10.7. The quantitative estimate of drug-likeness (QED) is 0.674. The topological polar surface area (TPSA) is 52.3 Å². The van der Waals surface area contributed by atoms with E-state index in [-0.39, 0.29) is 5.70 Å². The first-order valence-corrected chi connectivity index (χ1v) is 5.53. The van der Waals surface area contributed by atoms with E-state index in [9.17, 15) is 4.79 Å². The average molecular weight is 297 g/mol. The first kappa shape index (κ1) is 11.6. The second kappa shape index (κ2) is 4.82. The van der Waals surface area contributed by atoms with Gasteiger partial charge < -0.3 is 10.5 Å². The molecule has 3 nitrogen and oxygen atoms in total. The summed E-state index contributed by atoms with van der Waals surface area (Å²) in [4.78, 5) is 11.7. The van der Waals surface area contributed by atoms with Crippen molar-refractivity contribution in [1.82, 2.24) is 0 Å². The predicted octanol–water partition coefficient (Wildman–Crippen LogP) is 2.64. The number of hydrogen-bond donors (Lipinski definition) is 1. The third-order valence-corrected chi connectivity index (χ3v) is 3.80. The largest absolute Gasteiger partial charge is 0.464 e. The summed E-state index contributed by atoms with van der Waals surface area (Å²) in [7, 11) is 1.28. The molecule has 0 saturated heterocycles. The highest BCUT2D eigenvalue weighted by atomic mass is 79.9. The maximum absolute atomic E-state index is 11.0. The second-order valence-electron chi connectivity index (χ2n) is 2.36. The lowest BCUT2D eigenvalue weighted by atomic mass is 10.3. The molecule has 1 heterocycles. The summed E-state index contributed by atoms with van der Waals surface area (Å²) in [6.07, 6.45) is 1.52. The lowest BCUT2D eigenvalue weighted by Crippen LogP contribution is -2.12.